The second-order valence-electron chi connectivity index (χ2n) is 5.78. The summed E-state index contributed by atoms with van der Waals surface area (Å²) in [5, 5.41) is 7.22. The molecular formula is C18H19N3O3S. The summed E-state index contributed by atoms with van der Waals surface area (Å²) in [5.41, 5.74) is 1.01. The zero-order valence-corrected chi connectivity index (χ0v) is 14.6. The first-order valence-electron chi connectivity index (χ1n) is 8.07. The highest BCUT2D eigenvalue weighted by Gasteiger charge is 2.34. The second kappa shape index (κ2) is 7.48. The molecule has 1 aliphatic rings. The van der Waals surface area contributed by atoms with Gasteiger partial charge in [0.25, 0.3) is 11.8 Å². The van der Waals surface area contributed by atoms with Gasteiger partial charge >= 0.3 is 0 Å². The number of carbonyl (C=O) groups excluding carboxylic acids is 3. The van der Waals surface area contributed by atoms with Crippen molar-refractivity contribution in [3.05, 3.63) is 52.2 Å². The van der Waals surface area contributed by atoms with E-state index in [-0.39, 0.29) is 17.7 Å². The van der Waals surface area contributed by atoms with Crippen LogP contribution in [-0.2, 0) is 4.79 Å². The molecule has 25 heavy (non-hydrogen) atoms. The Bertz CT molecular complexity index is 789. The molecule has 7 heteroatoms. The Labute approximate surface area is 149 Å². The largest absolute Gasteiger partial charge is 0.355 e. The Kier molecular flexibility index (Phi) is 5.14. The summed E-state index contributed by atoms with van der Waals surface area (Å²) in [5.74, 6) is -0.547. The van der Waals surface area contributed by atoms with Crippen LogP contribution in [0.25, 0.3) is 0 Å². The summed E-state index contributed by atoms with van der Waals surface area (Å²) in [6.45, 7) is 0.576. The fourth-order valence-corrected chi connectivity index (χ4v) is 3.61. The third kappa shape index (κ3) is 3.71. The number of rotatable bonds is 4. The van der Waals surface area contributed by atoms with Gasteiger partial charge in [0.15, 0.2) is 0 Å². The molecule has 6 nitrogen and oxygen atoms in total. The highest BCUT2D eigenvalue weighted by Crippen LogP contribution is 2.23. The maximum Gasteiger partial charge on any atom is 0.264 e. The van der Waals surface area contributed by atoms with E-state index in [4.69, 9.17) is 0 Å². The van der Waals surface area contributed by atoms with Crippen LogP contribution in [0.3, 0.4) is 0 Å². The second-order valence-corrected chi connectivity index (χ2v) is 6.73. The lowest BCUT2D eigenvalue weighted by molar-refractivity contribution is -0.119. The van der Waals surface area contributed by atoms with E-state index in [0.717, 1.165) is 6.42 Å². The number of benzene rings is 1. The minimum absolute atomic E-state index is 0.105. The number of anilines is 1. The topological polar surface area (TPSA) is 78.5 Å². The Morgan fingerprint density at radius 2 is 2.04 bits per heavy atom. The van der Waals surface area contributed by atoms with Gasteiger partial charge in [0.2, 0.25) is 5.91 Å². The maximum absolute atomic E-state index is 12.6. The molecular weight excluding hydrogens is 338 g/mol. The molecule has 2 N–H and O–H groups in total. The molecule has 1 saturated heterocycles. The van der Waals surface area contributed by atoms with Gasteiger partial charge < -0.3 is 15.5 Å². The Hall–Kier alpha value is -2.67. The summed E-state index contributed by atoms with van der Waals surface area (Å²) in [6.07, 6.45) is 1.44. The van der Waals surface area contributed by atoms with Crippen molar-refractivity contribution in [2.24, 2.45) is 0 Å². The van der Waals surface area contributed by atoms with Crippen molar-refractivity contribution in [3.8, 4) is 0 Å². The van der Waals surface area contributed by atoms with Crippen molar-refractivity contribution >= 4 is 34.7 Å². The minimum atomic E-state index is -0.488. The first kappa shape index (κ1) is 17.2. The lowest BCUT2D eigenvalue weighted by Crippen LogP contribution is -2.43. The van der Waals surface area contributed by atoms with E-state index >= 15 is 0 Å². The third-order valence-electron chi connectivity index (χ3n) is 4.17. The smallest absolute Gasteiger partial charge is 0.264 e. The number of likely N-dealkylation sites (tertiary alicyclic amines) is 1. The van der Waals surface area contributed by atoms with Crippen LogP contribution < -0.4 is 10.6 Å². The van der Waals surface area contributed by atoms with Crippen molar-refractivity contribution in [2.75, 3.05) is 18.9 Å². The maximum atomic E-state index is 12.6. The fourth-order valence-electron chi connectivity index (χ4n) is 2.93. The Morgan fingerprint density at radius 3 is 2.76 bits per heavy atom. The van der Waals surface area contributed by atoms with Gasteiger partial charge in [0.1, 0.15) is 6.04 Å². The van der Waals surface area contributed by atoms with Gasteiger partial charge in [-0.2, -0.15) is 0 Å². The first-order chi connectivity index (χ1) is 12.1. The normalized spacial score (nSPS) is 16.5. The van der Waals surface area contributed by atoms with Crippen LogP contribution in [0.4, 0.5) is 5.69 Å². The summed E-state index contributed by atoms with van der Waals surface area (Å²) in [7, 11) is 1.56. The molecule has 2 aromatic rings. The number of carbonyl (C=O) groups is 3. The average molecular weight is 357 g/mol. The highest BCUT2D eigenvalue weighted by molar-refractivity contribution is 7.12. The van der Waals surface area contributed by atoms with Gasteiger partial charge in [-0.1, -0.05) is 12.1 Å². The molecule has 0 radical (unpaired) electrons. The zero-order valence-electron chi connectivity index (χ0n) is 13.8. The minimum Gasteiger partial charge on any atom is -0.355 e. The van der Waals surface area contributed by atoms with Crippen LogP contribution in [0.5, 0.6) is 0 Å². The van der Waals surface area contributed by atoms with Crippen LogP contribution in [-0.4, -0.2) is 42.3 Å². The van der Waals surface area contributed by atoms with Gasteiger partial charge in [-0.3, -0.25) is 14.4 Å². The average Bonchev–Trinajstić information content (AvgIpc) is 3.32. The molecule has 2 heterocycles. The van der Waals surface area contributed by atoms with Crippen molar-refractivity contribution in [3.63, 3.8) is 0 Å². The lowest BCUT2D eigenvalue weighted by atomic mass is 10.1. The molecule has 1 aromatic heterocycles. The number of nitrogens with zero attached hydrogens (tertiary/aromatic N) is 1. The van der Waals surface area contributed by atoms with Crippen LogP contribution in [0.2, 0.25) is 0 Å². The summed E-state index contributed by atoms with van der Waals surface area (Å²) >= 11 is 1.38. The van der Waals surface area contributed by atoms with E-state index < -0.39 is 6.04 Å². The van der Waals surface area contributed by atoms with Crippen LogP contribution in [0, 0.1) is 0 Å². The van der Waals surface area contributed by atoms with Gasteiger partial charge in [-0.25, -0.2) is 0 Å². The number of hydrogen-bond acceptors (Lipinski definition) is 4. The van der Waals surface area contributed by atoms with E-state index in [1.54, 1.807) is 42.3 Å². The van der Waals surface area contributed by atoms with Gasteiger partial charge in [-0.05, 0) is 42.5 Å². The van der Waals surface area contributed by atoms with Crippen molar-refractivity contribution in [2.45, 2.75) is 18.9 Å². The monoisotopic (exact) mass is 357 g/mol. The number of amides is 3. The van der Waals surface area contributed by atoms with E-state index in [2.05, 4.69) is 10.6 Å². The van der Waals surface area contributed by atoms with Crippen LogP contribution >= 0.6 is 11.3 Å². The van der Waals surface area contributed by atoms with Gasteiger partial charge in [0, 0.05) is 24.8 Å². The van der Waals surface area contributed by atoms with E-state index in [9.17, 15) is 14.4 Å². The summed E-state index contributed by atoms with van der Waals surface area (Å²) in [4.78, 5) is 39.2. The molecule has 1 atom stereocenters. The molecule has 0 bridgehead atoms. The van der Waals surface area contributed by atoms with Gasteiger partial charge in [-0.15, -0.1) is 11.3 Å². The third-order valence-corrected chi connectivity index (χ3v) is 5.03. The fraction of sp³-hybridized carbons (Fsp3) is 0.278. The lowest BCUT2D eigenvalue weighted by Gasteiger charge is -2.23. The molecule has 1 aliphatic heterocycles. The van der Waals surface area contributed by atoms with Crippen molar-refractivity contribution in [1.29, 1.82) is 0 Å². The predicted molar refractivity (Wildman–Crippen MR) is 96.8 cm³/mol. The highest BCUT2D eigenvalue weighted by atomic mass is 32.1. The Morgan fingerprint density at radius 1 is 1.20 bits per heavy atom. The van der Waals surface area contributed by atoms with E-state index in [0.29, 0.717) is 29.1 Å². The molecule has 1 unspecified atom stereocenters. The molecule has 3 rings (SSSR count). The quantitative estimate of drug-likeness (QED) is 0.882. The van der Waals surface area contributed by atoms with Crippen LogP contribution in [0.1, 0.15) is 32.9 Å². The molecule has 0 saturated carbocycles. The first-order valence-corrected chi connectivity index (χ1v) is 8.95. The zero-order chi connectivity index (χ0) is 17.8. The number of hydrogen-bond donors (Lipinski definition) is 2. The molecule has 1 aromatic carbocycles. The molecule has 3 amide bonds. The van der Waals surface area contributed by atoms with Crippen molar-refractivity contribution in [1.82, 2.24) is 10.2 Å². The molecule has 1 fully saturated rings. The van der Waals surface area contributed by atoms with E-state index in [1.165, 1.54) is 11.3 Å². The molecule has 0 aliphatic carbocycles. The summed E-state index contributed by atoms with van der Waals surface area (Å²) < 4.78 is 0. The van der Waals surface area contributed by atoms with Crippen LogP contribution in [0.15, 0.2) is 41.8 Å². The SMILES string of the molecule is CNC(=O)c1cccc(NC(=O)C2CCCN2C(=O)c2cccs2)c1. The molecule has 0 spiro atoms. The van der Waals surface area contributed by atoms with E-state index in [1.807, 2.05) is 11.4 Å². The molecule has 130 valence electrons. The number of nitrogens with one attached hydrogen (secondary N) is 2. The van der Waals surface area contributed by atoms with Crippen molar-refractivity contribution < 1.29 is 14.4 Å². The standard InChI is InChI=1S/C18H19N3O3S/c1-19-16(22)12-5-2-6-13(11-12)20-17(23)14-7-3-9-21(14)18(24)15-8-4-10-25-15/h2,4-6,8,10-11,14H,3,7,9H2,1H3,(H,19,22)(H,20,23). The Balaban J connectivity index is 1.72. The number of thiophene rings is 1. The predicted octanol–water partition coefficient (Wildman–Crippen LogP) is 2.35. The summed E-state index contributed by atoms with van der Waals surface area (Å²) in [6, 6.07) is 9.85. The van der Waals surface area contributed by atoms with Gasteiger partial charge in [0.05, 0.1) is 4.88 Å².